The van der Waals surface area contributed by atoms with E-state index in [4.69, 9.17) is 11.6 Å². The van der Waals surface area contributed by atoms with Gasteiger partial charge in [0.25, 0.3) is 0 Å². The highest BCUT2D eigenvalue weighted by molar-refractivity contribution is 9.10. The maximum absolute atomic E-state index is 5.87. The van der Waals surface area contributed by atoms with Gasteiger partial charge in [-0.05, 0) is 29.3 Å². The SMILES string of the molecule is Clc1nc(NCc2cccc(Br)c2)c2cn[nH]c2n1. The molecule has 2 N–H and O–H groups in total. The van der Waals surface area contributed by atoms with E-state index in [1.54, 1.807) is 6.20 Å². The zero-order valence-electron chi connectivity index (χ0n) is 9.69. The number of hydrogen-bond donors (Lipinski definition) is 2. The van der Waals surface area contributed by atoms with Crippen molar-refractivity contribution in [2.24, 2.45) is 0 Å². The number of rotatable bonds is 3. The lowest BCUT2D eigenvalue weighted by molar-refractivity contribution is 1.08. The predicted molar refractivity (Wildman–Crippen MR) is 78.2 cm³/mol. The molecule has 0 aliphatic carbocycles. The van der Waals surface area contributed by atoms with Gasteiger partial charge in [0.2, 0.25) is 5.28 Å². The van der Waals surface area contributed by atoms with Crippen LogP contribution in [0.25, 0.3) is 11.0 Å². The van der Waals surface area contributed by atoms with Crippen molar-refractivity contribution in [1.82, 2.24) is 20.2 Å². The Balaban J connectivity index is 1.87. The molecule has 0 spiro atoms. The van der Waals surface area contributed by atoms with Gasteiger partial charge in [-0.15, -0.1) is 0 Å². The number of nitrogens with zero attached hydrogens (tertiary/aromatic N) is 3. The molecule has 3 rings (SSSR count). The van der Waals surface area contributed by atoms with Crippen molar-refractivity contribution in [2.75, 3.05) is 5.32 Å². The lowest BCUT2D eigenvalue weighted by Crippen LogP contribution is -2.02. The Hall–Kier alpha value is -1.66. The molecule has 5 nitrogen and oxygen atoms in total. The third kappa shape index (κ3) is 2.69. The molecule has 0 saturated carbocycles. The van der Waals surface area contributed by atoms with Crippen molar-refractivity contribution < 1.29 is 0 Å². The van der Waals surface area contributed by atoms with Crippen molar-refractivity contribution in [1.29, 1.82) is 0 Å². The van der Waals surface area contributed by atoms with Crippen molar-refractivity contribution in [2.45, 2.75) is 6.54 Å². The van der Waals surface area contributed by atoms with Crippen LogP contribution in [0.1, 0.15) is 5.56 Å². The Morgan fingerprint density at radius 1 is 1.32 bits per heavy atom. The van der Waals surface area contributed by atoms with E-state index >= 15 is 0 Å². The number of halogens is 2. The summed E-state index contributed by atoms with van der Waals surface area (Å²) in [7, 11) is 0. The Kier molecular flexibility index (Phi) is 3.35. The van der Waals surface area contributed by atoms with E-state index in [2.05, 4.69) is 41.4 Å². The average Bonchev–Trinajstić information content (AvgIpc) is 2.84. The minimum atomic E-state index is 0.188. The molecule has 7 heteroatoms. The minimum Gasteiger partial charge on any atom is -0.365 e. The number of nitrogens with one attached hydrogen (secondary N) is 2. The predicted octanol–water partition coefficient (Wildman–Crippen LogP) is 3.38. The molecule has 0 atom stereocenters. The van der Waals surface area contributed by atoms with Crippen molar-refractivity contribution in [3.63, 3.8) is 0 Å². The maximum Gasteiger partial charge on any atom is 0.226 e. The van der Waals surface area contributed by atoms with Gasteiger partial charge in [0, 0.05) is 11.0 Å². The van der Waals surface area contributed by atoms with Gasteiger partial charge >= 0.3 is 0 Å². The Morgan fingerprint density at radius 2 is 2.21 bits per heavy atom. The highest BCUT2D eigenvalue weighted by Gasteiger charge is 2.08. The third-order valence-electron chi connectivity index (χ3n) is 2.63. The number of hydrogen-bond acceptors (Lipinski definition) is 4. The Morgan fingerprint density at radius 3 is 3.05 bits per heavy atom. The number of aromatic nitrogens is 4. The van der Waals surface area contributed by atoms with E-state index < -0.39 is 0 Å². The van der Waals surface area contributed by atoms with Crippen LogP contribution in [-0.2, 0) is 6.54 Å². The summed E-state index contributed by atoms with van der Waals surface area (Å²) in [6.45, 7) is 0.646. The van der Waals surface area contributed by atoms with Gasteiger partial charge in [-0.2, -0.15) is 15.1 Å². The monoisotopic (exact) mass is 337 g/mol. The van der Waals surface area contributed by atoms with Crippen LogP contribution in [0.15, 0.2) is 34.9 Å². The van der Waals surface area contributed by atoms with Gasteiger partial charge < -0.3 is 5.32 Å². The molecule has 2 heterocycles. The lowest BCUT2D eigenvalue weighted by Gasteiger charge is -2.07. The van der Waals surface area contributed by atoms with Gasteiger partial charge in [-0.25, -0.2) is 0 Å². The number of H-pyrrole nitrogens is 1. The summed E-state index contributed by atoms with van der Waals surface area (Å²) in [4.78, 5) is 8.24. The van der Waals surface area contributed by atoms with Crippen molar-refractivity contribution in [3.8, 4) is 0 Å². The summed E-state index contributed by atoms with van der Waals surface area (Å²) >= 11 is 9.31. The molecular formula is C12H9BrClN5. The number of anilines is 1. The van der Waals surface area contributed by atoms with Crippen LogP contribution >= 0.6 is 27.5 Å². The van der Waals surface area contributed by atoms with Gasteiger partial charge in [0.05, 0.1) is 11.6 Å². The first-order valence-electron chi connectivity index (χ1n) is 5.57. The Labute approximate surface area is 122 Å². The van der Waals surface area contributed by atoms with Gasteiger partial charge in [0.1, 0.15) is 5.82 Å². The summed E-state index contributed by atoms with van der Waals surface area (Å²) in [5, 5.41) is 11.0. The molecule has 0 fully saturated rings. The maximum atomic E-state index is 5.87. The van der Waals surface area contributed by atoms with Gasteiger partial charge in [0.15, 0.2) is 5.65 Å². The lowest BCUT2D eigenvalue weighted by atomic mass is 10.2. The molecule has 0 radical (unpaired) electrons. The number of aromatic amines is 1. The van der Waals surface area contributed by atoms with Crippen LogP contribution in [0.3, 0.4) is 0 Å². The smallest absolute Gasteiger partial charge is 0.226 e. The first-order valence-corrected chi connectivity index (χ1v) is 6.74. The zero-order valence-corrected chi connectivity index (χ0v) is 12.0. The summed E-state index contributed by atoms with van der Waals surface area (Å²) < 4.78 is 1.04. The molecule has 0 bridgehead atoms. The fraction of sp³-hybridized carbons (Fsp3) is 0.0833. The first-order chi connectivity index (χ1) is 9.22. The molecule has 1 aromatic carbocycles. The standard InChI is InChI=1S/C12H9BrClN5/c13-8-3-1-2-7(4-8)5-15-10-9-6-16-19-11(9)18-12(14)17-10/h1-4,6H,5H2,(H2,15,16,17,18,19). The molecule has 0 amide bonds. The molecule has 96 valence electrons. The van der Waals surface area contributed by atoms with Crippen molar-refractivity contribution >= 4 is 44.4 Å². The zero-order chi connectivity index (χ0) is 13.2. The molecule has 0 aliphatic heterocycles. The molecule has 3 aromatic rings. The minimum absolute atomic E-state index is 0.188. The summed E-state index contributed by atoms with van der Waals surface area (Å²) in [5.41, 5.74) is 1.76. The number of fused-ring (bicyclic) bond motifs is 1. The molecule has 0 aliphatic rings. The second kappa shape index (κ2) is 5.14. The van der Waals surface area contributed by atoms with Crippen LogP contribution in [0, 0.1) is 0 Å². The molecular weight excluding hydrogens is 330 g/mol. The van der Waals surface area contributed by atoms with Crippen LogP contribution < -0.4 is 5.32 Å². The summed E-state index contributed by atoms with van der Waals surface area (Å²) in [6.07, 6.45) is 1.68. The second-order valence-electron chi connectivity index (χ2n) is 3.96. The fourth-order valence-electron chi connectivity index (χ4n) is 1.78. The summed E-state index contributed by atoms with van der Waals surface area (Å²) in [5.74, 6) is 0.670. The highest BCUT2D eigenvalue weighted by atomic mass is 79.9. The van der Waals surface area contributed by atoms with Crippen molar-refractivity contribution in [3.05, 3.63) is 45.8 Å². The van der Waals surface area contributed by atoms with E-state index in [9.17, 15) is 0 Å². The fourth-order valence-corrected chi connectivity index (χ4v) is 2.39. The molecule has 2 aromatic heterocycles. The van der Waals surface area contributed by atoms with Crippen LogP contribution in [0.4, 0.5) is 5.82 Å². The van der Waals surface area contributed by atoms with Crippen LogP contribution in [0.2, 0.25) is 5.28 Å². The van der Waals surface area contributed by atoms with Gasteiger partial charge in [-0.3, -0.25) is 5.10 Å². The summed E-state index contributed by atoms with van der Waals surface area (Å²) in [6, 6.07) is 8.05. The molecule has 0 saturated heterocycles. The average molecular weight is 339 g/mol. The molecule has 0 unspecified atom stereocenters. The quantitative estimate of drug-likeness (QED) is 0.719. The van der Waals surface area contributed by atoms with E-state index in [1.165, 1.54) is 0 Å². The normalized spacial score (nSPS) is 10.8. The third-order valence-corrected chi connectivity index (χ3v) is 3.29. The van der Waals surface area contributed by atoms with Crippen LogP contribution in [-0.4, -0.2) is 20.2 Å². The van der Waals surface area contributed by atoms with Gasteiger partial charge in [-0.1, -0.05) is 28.1 Å². The highest BCUT2D eigenvalue weighted by Crippen LogP contribution is 2.21. The van der Waals surface area contributed by atoms with E-state index in [-0.39, 0.29) is 5.28 Å². The number of benzene rings is 1. The van der Waals surface area contributed by atoms with E-state index in [0.29, 0.717) is 18.0 Å². The van der Waals surface area contributed by atoms with Crippen LogP contribution in [0.5, 0.6) is 0 Å². The topological polar surface area (TPSA) is 66.5 Å². The second-order valence-corrected chi connectivity index (χ2v) is 5.21. The molecule has 19 heavy (non-hydrogen) atoms. The van der Waals surface area contributed by atoms with E-state index in [0.717, 1.165) is 15.4 Å². The Bertz CT molecular complexity index is 727. The largest absolute Gasteiger partial charge is 0.365 e. The first kappa shape index (κ1) is 12.4. The van der Waals surface area contributed by atoms with E-state index in [1.807, 2.05) is 24.3 Å².